The van der Waals surface area contributed by atoms with Gasteiger partial charge in [0.25, 0.3) is 0 Å². The van der Waals surface area contributed by atoms with Gasteiger partial charge in [0.15, 0.2) is 0 Å². The van der Waals surface area contributed by atoms with Crippen molar-refractivity contribution in [3.63, 3.8) is 0 Å². The van der Waals surface area contributed by atoms with Gasteiger partial charge in [-0.1, -0.05) is 18.6 Å². The first-order chi connectivity index (χ1) is 9.67. The normalized spacial score (nSPS) is 24.6. The van der Waals surface area contributed by atoms with Gasteiger partial charge >= 0.3 is 0 Å². The Kier molecular flexibility index (Phi) is 5.44. The predicted molar refractivity (Wildman–Crippen MR) is 84.0 cm³/mol. The van der Waals surface area contributed by atoms with Gasteiger partial charge in [0, 0.05) is 12.1 Å². The van der Waals surface area contributed by atoms with Gasteiger partial charge in [0.1, 0.15) is 5.75 Å². The fourth-order valence-corrected chi connectivity index (χ4v) is 3.38. The molecule has 2 atom stereocenters. The van der Waals surface area contributed by atoms with Crippen LogP contribution in [-0.2, 0) is 0 Å². The van der Waals surface area contributed by atoms with Crippen LogP contribution >= 0.6 is 0 Å². The third kappa shape index (κ3) is 3.33. The number of nitrogens with zero attached hydrogens (tertiary/aromatic N) is 1. The first kappa shape index (κ1) is 15.3. The van der Waals surface area contributed by atoms with E-state index >= 15 is 0 Å². The van der Waals surface area contributed by atoms with E-state index in [9.17, 15) is 0 Å². The number of likely N-dealkylation sites (tertiary alicyclic amines) is 1. The van der Waals surface area contributed by atoms with Crippen molar-refractivity contribution in [2.24, 2.45) is 11.7 Å². The first-order valence-corrected chi connectivity index (χ1v) is 7.77. The summed E-state index contributed by atoms with van der Waals surface area (Å²) < 4.78 is 5.39. The number of benzene rings is 1. The van der Waals surface area contributed by atoms with Crippen LogP contribution in [0.5, 0.6) is 5.75 Å². The second-order valence-electron chi connectivity index (χ2n) is 6.04. The van der Waals surface area contributed by atoms with Crippen molar-refractivity contribution in [3.8, 4) is 5.75 Å². The topological polar surface area (TPSA) is 38.5 Å². The molecule has 0 bridgehead atoms. The SMILES string of the molecule is COc1cccc(C2C(CN)CCCCN2C(C)C)c1. The molecule has 20 heavy (non-hydrogen) atoms. The van der Waals surface area contributed by atoms with Gasteiger partial charge < -0.3 is 10.5 Å². The molecule has 1 fully saturated rings. The monoisotopic (exact) mass is 276 g/mol. The van der Waals surface area contributed by atoms with Crippen molar-refractivity contribution >= 4 is 0 Å². The predicted octanol–water partition coefficient (Wildman–Crippen LogP) is 3.21. The lowest BCUT2D eigenvalue weighted by Crippen LogP contribution is -2.39. The Morgan fingerprint density at radius 1 is 1.35 bits per heavy atom. The van der Waals surface area contributed by atoms with E-state index in [1.165, 1.54) is 24.8 Å². The minimum Gasteiger partial charge on any atom is -0.497 e. The van der Waals surface area contributed by atoms with Crippen LogP contribution in [0, 0.1) is 5.92 Å². The van der Waals surface area contributed by atoms with Crippen molar-refractivity contribution in [2.75, 3.05) is 20.2 Å². The molecule has 0 spiro atoms. The summed E-state index contributed by atoms with van der Waals surface area (Å²) in [5.74, 6) is 1.47. The Balaban J connectivity index is 2.37. The molecule has 0 radical (unpaired) electrons. The lowest BCUT2D eigenvalue weighted by molar-refractivity contribution is 0.121. The highest BCUT2D eigenvalue weighted by atomic mass is 16.5. The van der Waals surface area contributed by atoms with Gasteiger partial charge in [-0.05, 0) is 63.4 Å². The highest BCUT2D eigenvalue weighted by molar-refractivity contribution is 5.31. The molecule has 112 valence electrons. The highest BCUT2D eigenvalue weighted by Gasteiger charge is 2.31. The van der Waals surface area contributed by atoms with E-state index < -0.39 is 0 Å². The second-order valence-corrected chi connectivity index (χ2v) is 6.04. The smallest absolute Gasteiger partial charge is 0.119 e. The van der Waals surface area contributed by atoms with Crippen LogP contribution < -0.4 is 10.5 Å². The molecule has 1 saturated heterocycles. The minimum absolute atomic E-state index is 0.414. The lowest BCUT2D eigenvalue weighted by Gasteiger charge is -2.38. The third-order valence-corrected chi connectivity index (χ3v) is 4.45. The number of hydrogen-bond donors (Lipinski definition) is 1. The Morgan fingerprint density at radius 3 is 2.80 bits per heavy atom. The summed E-state index contributed by atoms with van der Waals surface area (Å²) in [6.45, 7) is 6.49. The van der Waals surface area contributed by atoms with E-state index in [4.69, 9.17) is 10.5 Å². The average molecular weight is 276 g/mol. The maximum absolute atomic E-state index is 6.08. The molecule has 0 saturated carbocycles. The van der Waals surface area contributed by atoms with Gasteiger partial charge in [0.05, 0.1) is 7.11 Å². The summed E-state index contributed by atoms with van der Waals surface area (Å²) in [4.78, 5) is 2.61. The molecule has 3 nitrogen and oxygen atoms in total. The molecule has 1 heterocycles. The number of hydrogen-bond acceptors (Lipinski definition) is 3. The van der Waals surface area contributed by atoms with Crippen LogP contribution in [0.2, 0.25) is 0 Å². The molecule has 1 aromatic rings. The molecule has 2 rings (SSSR count). The molecule has 0 amide bonds. The zero-order valence-corrected chi connectivity index (χ0v) is 13.0. The second kappa shape index (κ2) is 7.09. The van der Waals surface area contributed by atoms with Crippen molar-refractivity contribution in [3.05, 3.63) is 29.8 Å². The minimum atomic E-state index is 0.414. The summed E-state index contributed by atoms with van der Waals surface area (Å²) in [6, 6.07) is 9.45. The van der Waals surface area contributed by atoms with E-state index in [1.54, 1.807) is 7.11 Å². The summed E-state index contributed by atoms with van der Waals surface area (Å²) in [5.41, 5.74) is 7.42. The van der Waals surface area contributed by atoms with E-state index in [2.05, 4.69) is 36.9 Å². The first-order valence-electron chi connectivity index (χ1n) is 7.77. The molecular formula is C17H28N2O. The van der Waals surface area contributed by atoms with Gasteiger partial charge in [-0.25, -0.2) is 0 Å². The molecule has 1 aliphatic heterocycles. The standard InChI is InChI=1S/C17H28N2O/c1-13(2)19-10-5-4-7-15(12-18)17(19)14-8-6-9-16(11-14)20-3/h6,8-9,11,13,15,17H,4-5,7,10,12,18H2,1-3H3. The summed E-state index contributed by atoms with van der Waals surface area (Å²) in [6.07, 6.45) is 3.78. The van der Waals surface area contributed by atoms with Crippen LogP contribution in [0.25, 0.3) is 0 Å². The Hall–Kier alpha value is -1.06. The van der Waals surface area contributed by atoms with Crippen LogP contribution in [-0.4, -0.2) is 31.1 Å². The van der Waals surface area contributed by atoms with Crippen molar-refractivity contribution in [1.82, 2.24) is 4.90 Å². The van der Waals surface area contributed by atoms with Crippen LogP contribution in [0.1, 0.15) is 44.7 Å². The maximum atomic E-state index is 6.08. The van der Waals surface area contributed by atoms with Crippen LogP contribution in [0.3, 0.4) is 0 Å². The van der Waals surface area contributed by atoms with Gasteiger partial charge in [-0.15, -0.1) is 0 Å². The van der Waals surface area contributed by atoms with Crippen molar-refractivity contribution < 1.29 is 4.74 Å². The molecule has 2 N–H and O–H groups in total. The van der Waals surface area contributed by atoms with Crippen LogP contribution in [0.15, 0.2) is 24.3 Å². The molecule has 3 heteroatoms. The molecule has 2 unspecified atom stereocenters. The fourth-order valence-electron chi connectivity index (χ4n) is 3.38. The zero-order valence-electron chi connectivity index (χ0n) is 13.0. The zero-order chi connectivity index (χ0) is 14.5. The molecule has 1 aromatic carbocycles. The summed E-state index contributed by atoms with van der Waals surface area (Å²) in [7, 11) is 1.73. The van der Waals surface area contributed by atoms with Gasteiger partial charge in [0.2, 0.25) is 0 Å². The fraction of sp³-hybridized carbons (Fsp3) is 0.647. The number of ether oxygens (including phenoxy) is 1. The molecule has 0 aromatic heterocycles. The molecular weight excluding hydrogens is 248 g/mol. The van der Waals surface area contributed by atoms with Crippen LogP contribution in [0.4, 0.5) is 0 Å². The average Bonchev–Trinajstić information content (AvgIpc) is 2.69. The van der Waals surface area contributed by atoms with Crippen molar-refractivity contribution in [1.29, 1.82) is 0 Å². The Bertz CT molecular complexity index is 419. The highest BCUT2D eigenvalue weighted by Crippen LogP contribution is 2.36. The third-order valence-electron chi connectivity index (χ3n) is 4.45. The number of rotatable bonds is 4. The molecule has 0 aliphatic carbocycles. The molecule has 1 aliphatic rings. The number of methoxy groups -OCH3 is 1. The lowest BCUT2D eigenvalue weighted by atomic mass is 9.88. The summed E-state index contributed by atoms with van der Waals surface area (Å²) in [5, 5.41) is 0. The Morgan fingerprint density at radius 2 is 2.15 bits per heavy atom. The van der Waals surface area contributed by atoms with E-state index in [0.717, 1.165) is 18.8 Å². The van der Waals surface area contributed by atoms with E-state index in [0.29, 0.717) is 18.0 Å². The largest absolute Gasteiger partial charge is 0.497 e. The Labute approximate surface area is 123 Å². The van der Waals surface area contributed by atoms with Gasteiger partial charge in [-0.2, -0.15) is 0 Å². The van der Waals surface area contributed by atoms with E-state index in [-0.39, 0.29) is 0 Å². The number of nitrogens with two attached hydrogens (primary N) is 1. The maximum Gasteiger partial charge on any atom is 0.119 e. The van der Waals surface area contributed by atoms with Gasteiger partial charge in [-0.3, -0.25) is 4.90 Å². The van der Waals surface area contributed by atoms with E-state index in [1.807, 2.05) is 6.07 Å². The quantitative estimate of drug-likeness (QED) is 0.917. The van der Waals surface area contributed by atoms with Crippen molar-refractivity contribution in [2.45, 2.75) is 45.2 Å². The summed E-state index contributed by atoms with van der Waals surface area (Å²) >= 11 is 0.